The van der Waals surface area contributed by atoms with Crippen LogP contribution in [-0.4, -0.2) is 19.1 Å². The monoisotopic (exact) mass is 264 g/mol. The lowest BCUT2D eigenvalue weighted by Crippen LogP contribution is -2.30. The molecule has 17 heavy (non-hydrogen) atoms. The van der Waals surface area contributed by atoms with Gasteiger partial charge in [0.05, 0.1) is 16.3 Å². The molecule has 1 fully saturated rings. The van der Waals surface area contributed by atoms with Crippen LogP contribution in [0.4, 0.5) is 23.7 Å². The number of rotatable bonds is 1. The molecule has 1 aliphatic rings. The van der Waals surface area contributed by atoms with Gasteiger partial charge in [-0.05, 0) is 12.1 Å². The molecule has 1 saturated heterocycles. The summed E-state index contributed by atoms with van der Waals surface area (Å²) in [5.74, 6) is 0. The molecular weight excluding hydrogens is 257 g/mol. The number of alkyl halides is 3. The summed E-state index contributed by atoms with van der Waals surface area (Å²) < 4.78 is 38.4. The number of carbonyl (C=O) groups excluding carboxylic acids is 1. The van der Waals surface area contributed by atoms with E-state index in [1.54, 1.807) is 0 Å². The molecule has 0 saturated carbocycles. The second-order valence-electron chi connectivity index (χ2n) is 3.52. The topological polar surface area (TPSA) is 32.3 Å². The van der Waals surface area contributed by atoms with E-state index in [9.17, 15) is 18.0 Å². The van der Waals surface area contributed by atoms with Crippen molar-refractivity contribution in [2.45, 2.75) is 6.18 Å². The second-order valence-corrected chi connectivity index (χ2v) is 3.92. The molecule has 0 atom stereocenters. The number of anilines is 1. The Bertz CT molecular complexity index is 461. The Morgan fingerprint density at radius 2 is 2.06 bits per heavy atom. The molecule has 92 valence electrons. The summed E-state index contributed by atoms with van der Waals surface area (Å²) in [5, 5.41) is 2.35. The lowest BCUT2D eigenvalue weighted by atomic mass is 10.1. The standard InChI is InChI=1S/C10H8ClF3N2O/c11-7-3-1-2-6(10(12,13)14)8(7)16-5-4-15-9(16)17/h1-3H,4-5H2,(H,15,17). The van der Waals surface area contributed by atoms with Crippen LogP contribution in [-0.2, 0) is 6.18 Å². The summed E-state index contributed by atoms with van der Waals surface area (Å²) in [6.07, 6.45) is -4.54. The molecule has 1 aromatic carbocycles. The van der Waals surface area contributed by atoms with Crippen molar-refractivity contribution in [1.29, 1.82) is 0 Å². The highest BCUT2D eigenvalue weighted by Gasteiger charge is 2.38. The van der Waals surface area contributed by atoms with Gasteiger partial charge in [0.2, 0.25) is 0 Å². The van der Waals surface area contributed by atoms with E-state index in [2.05, 4.69) is 5.32 Å². The van der Waals surface area contributed by atoms with Gasteiger partial charge in [-0.25, -0.2) is 4.79 Å². The van der Waals surface area contributed by atoms with Gasteiger partial charge >= 0.3 is 12.2 Å². The fourth-order valence-corrected chi connectivity index (χ4v) is 1.98. The first-order valence-electron chi connectivity index (χ1n) is 4.82. The van der Waals surface area contributed by atoms with E-state index in [1.807, 2.05) is 0 Å². The quantitative estimate of drug-likeness (QED) is 0.831. The third-order valence-electron chi connectivity index (χ3n) is 2.42. The third-order valence-corrected chi connectivity index (χ3v) is 2.72. The Balaban J connectivity index is 2.55. The van der Waals surface area contributed by atoms with Gasteiger partial charge in [0.1, 0.15) is 0 Å². The number of nitrogens with zero attached hydrogens (tertiary/aromatic N) is 1. The number of urea groups is 1. The molecule has 0 bridgehead atoms. The molecule has 0 spiro atoms. The van der Waals surface area contributed by atoms with Gasteiger partial charge in [0, 0.05) is 13.1 Å². The highest BCUT2D eigenvalue weighted by atomic mass is 35.5. The number of benzene rings is 1. The van der Waals surface area contributed by atoms with Crippen molar-refractivity contribution in [3.05, 3.63) is 28.8 Å². The van der Waals surface area contributed by atoms with Crippen LogP contribution in [0, 0.1) is 0 Å². The smallest absolute Gasteiger partial charge is 0.336 e. The molecule has 7 heteroatoms. The number of carbonyl (C=O) groups is 1. The summed E-state index contributed by atoms with van der Waals surface area (Å²) in [6.45, 7) is 0.479. The van der Waals surface area contributed by atoms with E-state index in [-0.39, 0.29) is 17.3 Å². The summed E-state index contributed by atoms with van der Waals surface area (Å²) in [5.41, 5.74) is -1.18. The van der Waals surface area contributed by atoms with E-state index >= 15 is 0 Å². The van der Waals surface area contributed by atoms with Gasteiger partial charge in [-0.2, -0.15) is 13.2 Å². The Morgan fingerprint density at radius 3 is 2.59 bits per heavy atom. The minimum absolute atomic E-state index is 0.0862. The van der Waals surface area contributed by atoms with Crippen LogP contribution in [0.2, 0.25) is 5.02 Å². The molecule has 1 aliphatic heterocycles. The first kappa shape index (κ1) is 12.0. The van der Waals surface area contributed by atoms with E-state index in [1.165, 1.54) is 12.1 Å². The van der Waals surface area contributed by atoms with Crippen molar-refractivity contribution in [2.75, 3.05) is 18.0 Å². The van der Waals surface area contributed by atoms with E-state index < -0.39 is 17.8 Å². The molecule has 1 N–H and O–H groups in total. The first-order chi connectivity index (χ1) is 7.91. The van der Waals surface area contributed by atoms with Crippen molar-refractivity contribution < 1.29 is 18.0 Å². The molecule has 0 unspecified atom stereocenters. The Morgan fingerprint density at radius 1 is 1.35 bits per heavy atom. The van der Waals surface area contributed by atoms with Crippen LogP contribution in [0.15, 0.2) is 18.2 Å². The third kappa shape index (κ3) is 2.17. The molecule has 0 aromatic heterocycles. The number of para-hydroxylation sites is 1. The van der Waals surface area contributed by atoms with Gasteiger partial charge in [-0.3, -0.25) is 4.90 Å². The highest BCUT2D eigenvalue weighted by molar-refractivity contribution is 6.34. The summed E-state index contributed by atoms with van der Waals surface area (Å²) in [6, 6.07) is 2.89. The van der Waals surface area contributed by atoms with Gasteiger partial charge in [-0.15, -0.1) is 0 Å². The van der Waals surface area contributed by atoms with Crippen LogP contribution >= 0.6 is 11.6 Å². The minimum atomic E-state index is -4.54. The highest BCUT2D eigenvalue weighted by Crippen LogP contribution is 2.40. The van der Waals surface area contributed by atoms with E-state index in [0.29, 0.717) is 6.54 Å². The minimum Gasteiger partial charge on any atom is -0.336 e. The predicted molar refractivity (Wildman–Crippen MR) is 57.2 cm³/mol. The second kappa shape index (κ2) is 4.10. The maximum atomic E-state index is 12.8. The lowest BCUT2D eigenvalue weighted by molar-refractivity contribution is -0.137. The molecule has 0 aliphatic carbocycles. The van der Waals surface area contributed by atoms with Crippen LogP contribution in [0.5, 0.6) is 0 Å². The maximum Gasteiger partial charge on any atom is 0.418 e. The van der Waals surface area contributed by atoms with Crippen molar-refractivity contribution >= 4 is 23.3 Å². The number of amides is 2. The molecule has 0 radical (unpaired) electrons. The zero-order valence-corrected chi connectivity index (χ0v) is 9.27. The summed E-state index contributed by atoms with van der Waals surface area (Å²) in [7, 11) is 0. The van der Waals surface area contributed by atoms with Gasteiger partial charge in [-0.1, -0.05) is 17.7 Å². The zero-order chi connectivity index (χ0) is 12.6. The van der Waals surface area contributed by atoms with Crippen molar-refractivity contribution in [1.82, 2.24) is 5.32 Å². The molecular formula is C10H8ClF3N2O. The van der Waals surface area contributed by atoms with E-state index in [4.69, 9.17) is 11.6 Å². The fraction of sp³-hybridized carbons (Fsp3) is 0.300. The predicted octanol–water partition coefficient (Wildman–Crippen LogP) is 2.89. The number of hydrogen-bond acceptors (Lipinski definition) is 1. The summed E-state index contributed by atoms with van der Waals surface area (Å²) in [4.78, 5) is 12.4. The normalized spacial score (nSPS) is 16.2. The van der Waals surface area contributed by atoms with Crippen molar-refractivity contribution in [2.24, 2.45) is 0 Å². The Kier molecular flexibility index (Phi) is 2.91. The molecule has 1 aromatic rings. The average molecular weight is 265 g/mol. The number of nitrogens with one attached hydrogen (secondary N) is 1. The largest absolute Gasteiger partial charge is 0.418 e. The number of halogens is 4. The molecule has 2 amide bonds. The summed E-state index contributed by atoms with van der Waals surface area (Å²) >= 11 is 5.76. The molecule has 1 heterocycles. The SMILES string of the molecule is O=C1NCCN1c1c(Cl)cccc1C(F)(F)F. The van der Waals surface area contributed by atoms with Crippen LogP contribution in [0.1, 0.15) is 5.56 Å². The maximum absolute atomic E-state index is 12.8. The van der Waals surface area contributed by atoms with Gasteiger partial charge in [0.15, 0.2) is 0 Å². The van der Waals surface area contributed by atoms with E-state index in [0.717, 1.165) is 11.0 Å². The van der Waals surface area contributed by atoms with Crippen molar-refractivity contribution in [3.8, 4) is 0 Å². The number of hydrogen-bond donors (Lipinski definition) is 1. The molecule has 2 rings (SSSR count). The average Bonchev–Trinajstić information content (AvgIpc) is 2.62. The van der Waals surface area contributed by atoms with Crippen molar-refractivity contribution in [3.63, 3.8) is 0 Å². The molecule has 3 nitrogen and oxygen atoms in total. The first-order valence-corrected chi connectivity index (χ1v) is 5.20. The Labute approximate surface area is 100 Å². The Hall–Kier alpha value is -1.43. The zero-order valence-electron chi connectivity index (χ0n) is 8.51. The van der Waals surface area contributed by atoms with Gasteiger partial charge in [0.25, 0.3) is 0 Å². The van der Waals surface area contributed by atoms with Crippen LogP contribution in [0.25, 0.3) is 0 Å². The van der Waals surface area contributed by atoms with Crippen LogP contribution < -0.4 is 10.2 Å². The van der Waals surface area contributed by atoms with Gasteiger partial charge < -0.3 is 5.32 Å². The van der Waals surface area contributed by atoms with Crippen LogP contribution in [0.3, 0.4) is 0 Å². The lowest BCUT2D eigenvalue weighted by Gasteiger charge is -2.21. The fourth-order valence-electron chi connectivity index (χ4n) is 1.70.